The largest absolute Gasteiger partial charge is 0.416 e. The molecule has 0 spiro atoms. The number of alkyl halides is 3. The van der Waals surface area contributed by atoms with Crippen molar-refractivity contribution in [3.05, 3.63) is 35.4 Å². The third-order valence-corrected chi connectivity index (χ3v) is 3.42. The maximum Gasteiger partial charge on any atom is 0.416 e. The summed E-state index contributed by atoms with van der Waals surface area (Å²) in [5, 5.41) is 3.26. The van der Waals surface area contributed by atoms with Gasteiger partial charge in [-0.2, -0.15) is 13.2 Å². The van der Waals surface area contributed by atoms with Gasteiger partial charge in [-0.25, -0.2) is 0 Å². The van der Waals surface area contributed by atoms with Crippen molar-refractivity contribution in [1.82, 2.24) is 10.2 Å². The molecule has 1 saturated heterocycles. The van der Waals surface area contributed by atoms with Gasteiger partial charge >= 0.3 is 6.18 Å². The van der Waals surface area contributed by atoms with Crippen LogP contribution in [0, 0.1) is 0 Å². The van der Waals surface area contributed by atoms with Crippen LogP contribution in [0.25, 0.3) is 0 Å². The van der Waals surface area contributed by atoms with Crippen LogP contribution in [0.1, 0.15) is 24.1 Å². The lowest BCUT2D eigenvalue weighted by Gasteiger charge is -2.33. The SMILES string of the molecule is C[C@@H](c1ccc(C(F)(F)F)cc1)N1CCNCC1.Cl. The molecule has 19 heavy (non-hydrogen) atoms. The maximum absolute atomic E-state index is 12.5. The summed E-state index contributed by atoms with van der Waals surface area (Å²) in [5.74, 6) is 0. The predicted molar refractivity (Wildman–Crippen MR) is 71.5 cm³/mol. The summed E-state index contributed by atoms with van der Waals surface area (Å²) in [6, 6.07) is 5.64. The Morgan fingerprint density at radius 1 is 1.11 bits per heavy atom. The van der Waals surface area contributed by atoms with Crippen LogP contribution in [0.2, 0.25) is 0 Å². The van der Waals surface area contributed by atoms with Gasteiger partial charge in [0.2, 0.25) is 0 Å². The van der Waals surface area contributed by atoms with E-state index in [2.05, 4.69) is 10.2 Å². The number of benzene rings is 1. The van der Waals surface area contributed by atoms with Gasteiger partial charge in [-0.15, -0.1) is 12.4 Å². The minimum absolute atomic E-state index is 0. The number of rotatable bonds is 2. The molecule has 0 aliphatic carbocycles. The van der Waals surface area contributed by atoms with E-state index >= 15 is 0 Å². The highest BCUT2D eigenvalue weighted by Crippen LogP contribution is 2.30. The normalized spacial score (nSPS) is 18.7. The first kappa shape index (κ1) is 16.3. The number of hydrogen-bond acceptors (Lipinski definition) is 2. The zero-order valence-electron chi connectivity index (χ0n) is 10.7. The summed E-state index contributed by atoms with van der Waals surface area (Å²) < 4.78 is 37.4. The highest BCUT2D eigenvalue weighted by Gasteiger charge is 2.30. The molecule has 0 unspecified atom stereocenters. The van der Waals surface area contributed by atoms with E-state index in [1.807, 2.05) is 6.92 Å². The van der Waals surface area contributed by atoms with E-state index in [0.717, 1.165) is 43.9 Å². The van der Waals surface area contributed by atoms with Crippen LogP contribution in [0.4, 0.5) is 13.2 Å². The van der Waals surface area contributed by atoms with Gasteiger partial charge in [0.05, 0.1) is 5.56 Å². The first-order valence-electron chi connectivity index (χ1n) is 6.10. The second-order valence-electron chi connectivity index (χ2n) is 4.58. The molecular formula is C13H18ClF3N2. The molecule has 1 aromatic rings. The van der Waals surface area contributed by atoms with Gasteiger partial charge < -0.3 is 5.32 Å². The Kier molecular flexibility index (Phi) is 5.64. The van der Waals surface area contributed by atoms with Crippen LogP contribution in [-0.4, -0.2) is 31.1 Å². The quantitative estimate of drug-likeness (QED) is 0.902. The Morgan fingerprint density at radius 2 is 1.63 bits per heavy atom. The fourth-order valence-electron chi connectivity index (χ4n) is 2.23. The van der Waals surface area contributed by atoms with Gasteiger partial charge in [-0.05, 0) is 24.6 Å². The molecule has 1 heterocycles. The van der Waals surface area contributed by atoms with Gasteiger partial charge in [0.25, 0.3) is 0 Å². The molecule has 1 atom stereocenters. The van der Waals surface area contributed by atoms with Crippen molar-refractivity contribution >= 4 is 12.4 Å². The molecule has 1 aliphatic heterocycles. The first-order chi connectivity index (χ1) is 8.48. The Hall–Kier alpha value is -0.780. The number of nitrogens with one attached hydrogen (secondary N) is 1. The molecule has 0 aromatic heterocycles. The Bertz CT molecular complexity index is 386. The number of piperazine rings is 1. The zero-order valence-corrected chi connectivity index (χ0v) is 11.5. The lowest BCUT2D eigenvalue weighted by Crippen LogP contribution is -2.44. The molecule has 1 N–H and O–H groups in total. The molecule has 0 bridgehead atoms. The summed E-state index contributed by atoms with van der Waals surface area (Å²) in [6.45, 7) is 5.77. The van der Waals surface area contributed by atoms with E-state index in [-0.39, 0.29) is 18.4 Å². The van der Waals surface area contributed by atoms with Gasteiger partial charge in [-0.3, -0.25) is 4.90 Å². The standard InChI is InChI=1S/C13H17F3N2.ClH/c1-10(18-8-6-17-7-9-18)11-2-4-12(5-3-11)13(14,15)16;/h2-5,10,17H,6-9H2,1H3;1H/t10-;/m0./s1. The molecule has 6 heteroatoms. The molecular weight excluding hydrogens is 277 g/mol. The summed E-state index contributed by atoms with van der Waals surface area (Å²) in [7, 11) is 0. The molecule has 0 amide bonds. The second-order valence-corrected chi connectivity index (χ2v) is 4.58. The van der Waals surface area contributed by atoms with E-state index in [0.29, 0.717) is 0 Å². The number of nitrogens with zero attached hydrogens (tertiary/aromatic N) is 1. The second kappa shape index (κ2) is 6.59. The Balaban J connectivity index is 0.00000180. The van der Waals surface area contributed by atoms with E-state index in [9.17, 15) is 13.2 Å². The Morgan fingerprint density at radius 3 is 2.11 bits per heavy atom. The molecule has 2 rings (SSSR count). The molecule has 2 nitrogen and oxygen atoms in total. The third-order valence-electron chi connectivity index (χ3n) is 3.42. The van der Waals surface area contributed by atoms with Crippen molar-refractivity contribution in [2.24, 2.45) is 0 Å². The van der Waals surface area contributed by atoms with Crippen LogP contribution in [0.3, 0.4) is 0 Å². The van der Waals surface area contributed by atoms with Crippen LogP contribution < -0.4 is 5.32 Å². The Labute approximate surface area is 117 Å². The average Bonchev–Trinajstić information content (AvgIpc) is 2.38. The van der Waals surface area contributed by atoms with Crippen molar-refractivity contribution in [2.75, 3.05) is 26.2 Å². The van der Waals surface area contributed by atoms with Crippen LogP contribution in [0.5, 0.6) is 0 Å². The molecule has 0 radical (unpaired) electrons. The number of hydrogen-bond donors (Lipinski definition) is 1. The van der Waals surface area contributed by atoms with Crippen LogP contribution >= 0.6 is 12.4 Å². The van der Waals surface area contributed by atoms with Gasteiger partial charge in [0, 0.05) is 32.2 Å². The molecule has 1 fully saturated rings. The summed E-state index contributed by atoms with van der Waals surface area (Å²) in [4.78, 5) is 2.28. The smallest absolute Gasteiger partial charge is 0.314 e. The third kappa shape index (κ3) is 4.09. The minimum atomic E-state index is -4.25. The molecule has 108 valence electrons. The van der Waals surface area contributed by atoms with Crippen molar-refractivity contribution in [1.29, 1.82) is 0 Å². The van der Waals surface area contributed by atoms with Gasteiger partial charge in [-0.1, -0.05) is 12.1 Å². The molecule has 0 saturated carbocycles. The van der Waals surface area contributed by atoms with E-state index in [1.54, 1.807) is 12.1 Å². The number of halogens is 4. The van der Waals surface area contributed by atoms with Crippen molar-refractivity contribution < 1.29 is 13.2 Å². The zero-order chi connectivity index (χ0) is 13.2. The monoisotopic (exact) mass is 294 g/mol. The fraction of sp³-hybridized carbons (Fsp3) is 0.538. The average molecular weight is 295 g/mol. The highest BCUT2D eigenvalue weighted by atomic mass is 35.5. The van der Waals surface area contributed by atoms with E-state index in [4.69, 9.17) is 0 Å². The summed E-state index contributed by atoms with van der Waals surface area (Å²) >= 11 is 0. The fourth-order valence-corrected chi connectivity index (χ4v) is 2.23. The highest BCUT2D eigenvalue weighted by molar-refractivity contribution is 5.85. The van der Waals surface area contributed by atoms with E-state index in [1.165, 1.54) is 0 Å². The first-order valence-corrected chi connectivity index (χ1v) is 6.10. The topological polar surface area (TPSA) is 15.3 Å². The van der Waals surface area contributed by atoms with E-state index < -0.39 is 11.7 Å². The molecule has 1 aliphatic rings. The summed E-state index contributed by atoms with van der Waals surface area (Å²) in [6.07, 6.45) is -4.25. The van der Waals surface area contributed by atoms with Crippen molar-refractivity contribution in [2.45, 2.75) is 19.1 Å². The molecule has 1 aromatic carbocycles. The minimum Gasteiger partial charge on any atom is -0.314 e. The van der Waals surface area contributed by atoms with Gasteiger partial charge in [0.1, 0.15) is 0 Å². The van der Waals surface area contributed by atoms with Crippen molar-refractivity contribution in [3.8, 4) is 0 Å². The lowest BCUT2D eigenvalue weighted by atomic mass is 10.0. The van der Waals surface area contributed by atoms with Crippen LogP contribution in [-0.2, 0) is 6.18 Å². The summed E-state index contributed by atoms with van der Waals surface area (Å²) in [5.41, 5.74) is 0.351. The van der Waals surface area contributed by atoms with Crippen LogP contribution in [0.15, 0.2) is 24.3 Å². The maximum atomic E-state index is 12.5. The lowest BCUT2D eigenvalue weighted by molar-refractivity contribution is -0.137. The van der Waals surface area contributed by atoms with Gasteiger partial charge in [0.15, 0.2) is 0 Å². The predicted octanol–water partition coefficient (Wildman–Crippen LogP) is 3.09. The van der Waals surface area contributed by atoms with Crippen molar-refractivity contribution in [3.63, 3.8) is 0 Å².